The molecule has 27 heavy (non-hydrogen) atoms. The van der Waals surface area contributed by atoms with E-state index in [0.29, 0.717) is 12.0 Å². The zero-order valence-corrected chi connectivity index (χ0v) is 18.0. The number of rotatable bonds is 6. The van der Waals surface area contributed by atoms with Crippen molar-refractivity contribution in [1.29, 1.82) is 0 Å². The molecule has 0 spiro atoms. The minimum atomic E-state index is 0.424. The second-order valence-electron chi connectivity index (χ2n) is 8.37. The van der Waals surface area contributed by atoms with Gasteiger partial charge >= 0.3 is 0 Å². The molecular weight excluding hydrogens is 350 g/mol. The quantitative estimate of drug-likeness (QED) is 0.466. The summed E-state index contributed by atoms with van der Waals surface area (Å²) in [5, 5.41) is 0.873. The first-order valence-electron chi connectivity index (χ1n) is 10.2. The third-order valence-corrected chi connectivity index (χ3v) is 6.07. The molecule has 1 atom stereocenters. The fourth-order valence-electron chi connectivity index (χ4n) is 4.25. The largest absolute Gasteiger partial charge is 0.343 e. The summed E-state index contributed by atoms with van der Waals surface area (Å²) in [6, 6.07) is 4.99. The second-order valence-corrected chi connectivity index (χ2v) is 8.78. The van der Waals surface area contributed by atoms with Gasteiger partial charge in [-0.1, -0.05) is 64.4 Å². The van der Waals surface area contributed by atoms with Crippen molar-refractivity contribution < 1.29 is 0 Å². The third-order valence-electron chi connectivity index (χ3n) is 5.78. The van der Waals surface area contributed by atoms with Crippen LogP contribution in [-0.4, -0.2) is 10.9 Å². The molecule has 0 fully saturated rings. The summed E-state index contributed by atoms with van der Waals surface area (Å²) in [4.78, 5) is 2.41. The van der Waals surface area contributed by atoms with Crippen LogP contribution >= 0.6 is 11.6 Å². The Morgan fingerprint density at radius 3 is 2.67 bits per heavy atom. The van der Waals surface area contributed by atoms with Crippen molar-refractivity contribution in [3.8, 4) is 0 Å². The molecule has 0 radical (unpaired) electrons. The summed E-state index contributed by atoms with van der Waals surface area (Å²) < 4.78 is 0. The summed E-state index contributed by atoms with van der Waals surface area (Å²) in [6.07, 6.45) is 10.3. The molecule has 0 N–H and O–H groups in total. The molecule has 2 aliphatic heterocycles. The van der Waals surface area contributed by atoms with Gasteiger partial charge < -0.3 is 4.90 Å². The molecule has 0 saturated carbocycles. The fraction of sp³-hybridized carbons (Fsp3) is 0.440. The van der Waals surface area contributed by atoms with Gasteiger partial charge in [0.05, 0.1) is 10.7 Å². The minimum absolute atomic E-state index is 0.424. The zero-order valence-electron chi connectivity index (χ0n) is 17.2. The van der Waals surface area contributed by atoms with Crippen molar-refractivity contribution in [2.45, 2.75) is 65.8 Å². The molecule has 0 aromatic heterocycles. The number of hydrogen-bond donors (Lipinski definition) is 0. The van der Waals surface area contributed by atoms with Crippen LogP contribution in [0.2, 0.25) is 5.02 Å². The van der Waals surface area contributed by atoms with Crippen molar-refractivity contribution in [3.05, 3.63) is 76.0 Å². The molecule has 1 nitrogen and oxygen atoms in total. The van der Waals surface area contributed by atoms with Crippen LogP contribution in [0.1, 0.15) is 63.6 Å². The van der Waals surface area contributed by atoms with Crippen LogP contribution in [0, 0.1) is 5.92 Å². The lowest BCUT2D eigenvalue weighted by atomic mass is 9.82. The standard InChI is InChI=1S/C25H32ClN/c1-7-8-9-10-19-12-20-14-23(17(4)5)27-15-21(16(2)3)18(6)11-24(27)25(20)22(26)13-19/h11-13,15,17,23H,2,6-10,14H2,1,3-5H3. The number of allylic oxidation sites excluding steroid dienone is 4. The van der Waals surface area contributed by atoms with E-state index >= 15 is 0 Å². The van der Waals surface area contributed by atoms with Crippen LogP contribution in [0.4, 0.5) is 0 Å². The van der Waals surface area contributed by atoms with E-state index in [9.17, 15) is 0 Å². The van der Waals surface area contributed by atoms with Gasteiger partial charge in [0.25, 0.3) is 0 Å². The molecular formula is C25H32ClN. The second kappa shape index (κ2) is 8.10. The van der Waals surface area contributed by atoms with E-state index in [-0.39, 0.29) is 0 Å². The molecule has 1 aromatic carbocycles. The van der Waals surface area contributed by atoms with Crippen LogP contribution in [0.15, 0.2) is 54.3 Å². The van der Waals surface area contributed by atoms with Gasteiger partial charge in [0.15, 0.2) is 0 Å². The Morgan fingerprint density at radius 1 is 1.30 bits per heavy atom. The van der Waals surface area contributed by atoms with Gasteiger partial charge in [0, 0.05) is 17.8 Å². The molecule has 1 aromatic rings. The van der Waals surface area contributed by atoms with E-state index in [4.69, 9.17) is 11.6 Å². The summed E-state index contributed by atoms with van der Waals surface area (Å²) in [5.74, 6) is 0.540. The number of nitrogens with zero attached hydrogens (tertiary/aromatic N) is 1. The summed E-state index contributed by atoms with van der Waals surface area (Å²) in [6.45, 7) is 17.3. The predicted octanol–water partition coefficient (Wildman–Crippen LogP) is 7.33. The number of fused-ring (bicyclic) bond motifs is 3. The van der Waals surface area contributed by atoms with Gasteiger partial charge in [0.1, 0.15) is 0 Å². The third kappa shape index (κ3) is 3.94. The highest BCUT2D eigenvalue weighted by molar-refractivity contribution is 6.32. The molecule has 1 unspecified atom stereocenters. The highest BCUT2D eigenvalue weighted by Crippen LogP contribution is 2.43. The molecule has 2 heterocycles. The molecule has 3 rings (SSSR count). The maximum Gasteiger partial charge on any atom is 0.0506 e. The maximum atomic E-state index is 6.82. The topological polar surface area (TPSA) is 3.24 Å². The number of aryl methyl sites for hydroxylation is 1. The van der Waals surface area contributed by atoms with E-state index in [1.54, 1.807) is 0 Å². The Labute approximate surface area is 170 Å². The lowest BCUT2D eigenvalue weighted by molar-refractivity contribution is 0.284. The van der Waals surface area contributed by atoms with E-state index in [1.165, 1.54) is 41.6 Å². The Bertz CT molecular complexity index is 825. The monoisotopic (exact) mass is 381 g/mol. The number of benzene rings is 1. The first-order chi connectivity index (χ1) is 12.8. The van der Waals surface area contributed by atoms with Gasteiger partial charge in [-0.3, -0.25) is 0 Å². The molecule has 0 aliphatic carbocycles. The van der Waals surface area contributed by atoms with Gasteiger partial charge in [-0.25, -0.2) is 0 Å². The van der Waals surface area contributed by atoms with Crippen molar-refractivity contribution in [3.63, 3.8) is 0 Å². The smallest absolute Gasteiger partial charge is 0.0506 e. The zero-order chi connectivity index (χ0) is 19.7. The van der Waals surface area contributed by atoms with E-state index < -0.39 is 0 Å². The van der Waals surface area contributed by atoms with Crippen LogP contribution in [0.5, 0.6) is 0 Å². The van der Waals surface area contributed by atoms with E-state index in [0.717, 1.165) is 34.6 Å². The lowest BCUT2D eigenvalue weighted by Crippen LogP contribution is -2.41. The van der Waals surface area contributed by atoms with Crippen molar-refractivity contribution >= 4 is 17.3 Å². The number of unbranched alkanes of at least 4 members (excludes halogenated alkanes) is 2. The SMILES string of the molecule is C=C(C)C1=CN2C(=CC1=C)c1c(Cl)cc(CCCCC)cc1CC2C(C)C. The molecule has 2 aliphatic rings. The van der Waals surface area contributed by atoms with E-state index in [1.807, 2.05) is 6.92 Å². The number of hydrogen-bond acceptors (Lipinski definition) is 1. The van der Waals surface area contributed by atoms with Crippen molar-refractivity contribution in [1.82, 2.24) is 4.90 Å². The van der Waals surface area contributed by atoms with Gasteiger partial charge in [-0.05, 0) is 72.1 Å². The predicted molar refractivity (Wildman–Crippen MR) is 119 cm³/mol. The van der Waals surface area contributed by atoms with Crippen LogP contribution in [0.3, 0.4) is 0 Å². The summed E-state index contributed by atoms with van der Waals surface area (Å²) in [7, 11) is 0. The Morgan fingerprint density at radius 2 is 2.04 bits per heavy atom. The maximum absolute atomic E-state index is 6.82. The summed E-state index contributed by atoms with van der Waals surface area (Å²) >= 11 is 6.82. The first kappa shape index (κ1) is 20.0. The van der Waals surface area contributed by atoms with Gasteiger partial charge in [0.2, 0.25) is 0 Å². The van der Waals surface area contributed by atoms with Crippen LogP contribution < -0.4 is 0 Å². The number of halogens is 1. The molecule has 2 heteroatoms. The van der Waals surface area contributed by atoms with Gasteiger partial charge in [-0.2, -0.15) is 0 Å². The molecule has 0 amide bonds. The summed E-state index contributed by atoms with van der Waals surface area (Å²) in [5.41, 5.74) is 8.35. The fourth-order valence-corrected chi connectivity index (χ4v) is 4.60. The van der Waals surface area contributed by atoms with Crippen LogP contribution in [0.25, 0.3) is 5.70 Å². The molecule has 0 saturated heterocycles. The average molecular weight is 382 g/mol. The molecule has 144 valence electrons. The minimum Gasteiger partial charge on any atom is -0.343 e. The Kier molecular flexibility index (Phi) is 6.01. The van der Waals surface area contributed by atoms with Gasteiger partial charge in [-0.15, -0.1) is 0 Å². The average Bonchev–Trinajstić information content (AvgIpc) is 2.59. The van der Waals surface area contributed by atoms with Crippen molar-refractivity contribution in [2.24, 2.45) is 5.92 Å². The van der Waals surface area contributed by atoms with Crippen molar-refractivity contribution in [2.75, 3.05) is 0 Å². The highest BCUT2D eigenvalue weighted by Gasteiger charge is 2.34. The van der Waals surface area contributed by atoms with Crippen LogP contribution in [-0.2, 0) is 12.8 Å². The van der Waals surface area contributed by atoms with E-state index in [2.05, 4.69) is 63.2 Å². The molecule has 0 bridgehead atoms. The highest BCUT2D eigenvalue weighted by atomic mass is 35.5. The Balaban J connectivity index is 2.06. The Hall–Kier alpha value is -1.73. The normalized spacial score (nSPS) is 18.8. The first-order valence-corrected chi connectivity index (χ1v) is 10.6. The lowest BCUT2D eigenvalue weighted by Gasteiger charge is -2.43.